The van der Waals surface area contributed by atoms with Gasteiger partial charge in [0.2, 0.25) is 0 Å². The van der Waals surface area contributed by atoms with E-state index < -0.39 is 0 Å². The van der Waals surface area contributed by atoms with Gasteiger partial charge in [0.05, 0.1) is 11.4 Å². The first-order valence-corrected chi connectivity index (χ1v) is 7.92. The number of likely N-dealkylation sites (N-methyl/N-ethyl adjacent to an activating group) is 1. The summed E-state index contributed by atoms with van der Waals surface area (Å²) in [5, 5.41) is 9.65. The average Bonchev–Trinajstić information content (AvgIpc) is 3.35. The summed E-state index contributed by atoms with van der Waals surface area (Å²) in [6.07, 6.45) is 2.62. The van der Waals surface area contributed by atoms with Gasteiger partial charge in [0.1, 0.15) is 0 Å². The molecule has 2 aliphatic rings. The van der Waals surface area contributed by atoms with Gasteiger partial charge in [-0.05, 0) is 37.6 Å². The molecule has 3 rings (SSSR count). The van der Waals surface area contributed by atoms with Crippen molar-refractivity contribution in [3.63, 3.8) is 0 Å². The van der Waals surface area contributed by atoms with Crippen LogP contribution in [-0.4, -0.2) is 49.6 Å². The minimum atomic E-state index is 0.0111. The van der Waals surface area contributed by atoms with Crippen molar-refractivity contribution in [1.82, 2.24) is 10.2 Å². The highest BCUT2D eigenvalue weighted by Crippen LogP contribution is 2.26. The monoisotopic (exact) mass is 288 g/mol. The summed E-state index contributed by atoms with van der Waals surface area (Å²) in [5.74, 6) is 0.0111. The molecule has 0 bridgehead atoms. The molecular weight excluding hydrogens is 264 g/mol. The molecule has 1 aromatic rings. The number of nitrogens with zero attached hydrogens (tertiary/aromatic N) is 1. The highest BCUT2D eigenvalue weighted by Gasteiger charge is 2.27. The number of carbonyl (C=O) groups excluding carboxylic acids is 1. The number of hydrogen-bond donors (Lipinski definition) is 3. The number of hydrogen-bond acceptors (Lipinski definition) is 4. The van der Waals surface area contributed by atoms with Gasteiger partial charge in [-0.1, -0.05) is 6.92 Å². The lowest BCUT2D eigenvalue weighted by molar-refractivity contribution is 0.0948. The molecule has 3 N–H and O–H groups in total. The lowest BCUT2D eigenvalue weighted by atomic mass is 10.1. The first kappa shape index (κ1) is 14.2. The zero-order valence-corrected chi connectivity index (χ0v) is 12.6. The third-order valence-electron chi connectivity index (χ3n) is 4.19. The highest BCUT2D eigenvalue weighted by molar-refractivity contribution is 5.96. The van der Waals surface area contributed by atoms with Crippen molar-refractivity contribution in [3.05, 3.63) is 23.8 Å². The number of anilines is 2. The third kappa shape index (κ3) is 3.47. The van der Waals surface area contributed by atoms with E-state index in [0.717, 1.165) is 49.2 Å². The van der Waals surface area contributed by atoms with Gasteiger partial charge in [0.25, 0.3) is 5.91 Å². The molecule has 0 spiro atoms. The number of nitrogens with one attached hydrogen (secondary N) is 3. The lowest BCUT2D eigenvalue weighted by Gasteiger charge is -2.21. The summed E-state index contributed by atoms with van der Waals surface area (Å²) in [7, 11) is 0. The molecule has 0 unspecified atom stereocenters. The van der Waals surface area contributed by atoms with Crippen LogP contribution in [0.3, 0.4) is 0 Å². The van der Waals surface area contributed by atoms with Crippen LogP contribution in [0, 0.1) is 0 Å². The molecule has 0 aromatic heterocycles. The van der Waals surface area contributed by atoms with Crippen molar-refractivity contribution < 1.29 is 4.79 Å². The van der Waals surface area contributed by atoms with E-state index in [1.54, 1.807) is 0 Å². The van der Waals surface area contributed by atoms with E-state index in [1.807, 2.05) is 18.2 Å². The summed E-state index contributed by atoms with van der Waals surface area (Å²) < 4.78 is 0. The Morgan fingerprint density at radius 1 is 1.29 bits per heavy atom. The summed E-state index contributed by atoms with van der Waals surface area (Å²) in [5.41, 5.74) is 2.81. The lowest BCUT2D eigenvalue weighted by Crippen LogP contribution is -2.36. The number of rotatable bonds is 6. The minimum Gasteiger partial charge on any atom is -0.382 e. The van der Waals surface area contributed by atoms with Gasteiger partial charge < -0.3 is 16.0 Å². The van der Waals surface area contributed by atoms with E-state index in [1.165, 1.54) is 12.8 Å². The van der Waals surface area contributed by atoms with E-state index in [9.17, 15) is 4.79 Å². The van der Waals surface area contributed by atoms with Crippen LogP contribution in [0.15, 0.2) is 18.2 Å². The Balaban J connectivity index is 1.52. The van der Waals surface area contributed by atoms with Crippen LogP contribution in [0.4, 0.5) is 11.4 Å². The van der Waals surface area contributed by atoms with E-state index in [0.29, 0.717) is 6.54 Å². The van der Waals surface area contributed by atoms with Gasteiger partial charge in [-0.15, -0.1) is 0 Å². The van der Waals surface area contributed by atoms with Crippen molar-refractivity contribution in [3.8, 4) is 0 Å². The maximum Gasteiger partial charge on any atom is 0.251 e. The Kier molecular flexibility index (Phi) is 4.29. The van der Waals surface area contributed by atoms with Crippen LogP contribution in [-0.2, 0) is 0 Å². The highest BCUT2D eigenvalue weighted by atomic mass is 16.1. The Bertz CT molecular complexity index is 513. The van der Waals surface area contributed by atoms with Gasteiger partial charge in [0, 0.05) is 37.8 Å². The molecule has 0 radical (unpaired) electrons. The summed E-state index contributed by atoms with van der Waals surface area (Å²) in [6, 6.07) is 6.53. The van der Waals surface area contributed by atoms with E-state index in [4.69, 9.17) is 0 Å². The zero-order chi connectivity index (χ0) is 14.7. The van der Waals surface area contributed by atoms with Crippen molar-refractivity contribution in [2.24, 2.45) is 0 Å². The maximum atomic E-state index is 12.2. The molecule has 5 heteroatoms. The van der Waals surface area contributed by atoms with Gasteiger partial charge in [0.15, 0.2) is 0 Å². The molecule has 1 heterocycles. The first-order valence-electron chi connectivity index (χ1n) is 7.92. The number of carbonyl (C=O) groups is 1. The second kappa shape index (κ2) is 6.35. The van der Waals surface area contributed by atoms with Gasteiger partial charge >= 0.3 is 0 Å². The molecule has 1 aliphatic carbocycles. The fourth-order valence-electron chi connectivity index (χ4n) is 2.83. The Labute approximate surface area is 126 Å². The predicted octanol–water partition coefficient (Wildman–Crippen LogP) is 1.74. The summed E-state index contributed by atoms with van der Waals surface area (Å²) in [6.45, 7) is 6.72. The molecule has 1 saturated carbocycles. The third-order valence-corrected chi connectivity index (χ3v) is 4.19. The fourth-order valence-corrected chi connectivity index (χ4v) is 2.83. The van der Waals surface area contributed by atoms with Crippen molar-refractivity contribution >= 4 is 17.3 Å². The van der Waals surface area contributed by atoms with Crippen LogP contribution in [0.5, 0.6) is 0 Å². The van der Waals surface area contributed by atoms with E-state index in [-0.39, 0.29) is 5.91 Å². The number of amides is 1. The fraction of sp³-hybridized carbons (Fsp3) is 0.562. The molecule has 1 amide bonds. The van der Waals surface area contributed by atoms with E-state index in [2.05, 4.69) is 27.8 Å². The standard InChI is InChI=1S/C16H24N4O/c1-2-20(13-4-5-13)10-9-19-16(21)12-3-6-14-15(11-12)18-8-7-17-14/h3,6,11,13,17-18H,2,4-5,7-10H2,1H3,(H,19,21). The second-order valence-corrected chi connectivity index (χ2v) is 5.73. The molecule has 1 aromatic carbocycles. The van der Waals surface area contributed by atoms with Crippen LogP contribution < -0.4 is 16.0 Å². The second-order valence-electron chi connectivity index (χ2n) is 5.73. The zero-order valence-electron chi connectivity index (χ0n) is 12.6. The van der Waals surface area contributed by atoms with Crippen molar-refractivity contribution in [1.29, 1.82) is 0 Å². The average molecular weight is 288 g/mol. The normalized spacial score (nSPS) is 16.9. The molecule has 5 nitrogen and oxygen atoms in total. The van der Waals surface area contributed by atoms with Crippen molar-refractivity contribution in [2.45, 2.75) is 25.8 Å². The summed E-state index contributed by atoms with van der Waals surface area (Å²) >= 11 is 0. The predicted molar refractivity (Wildman–Crippen MR) is 86.0 cm³/mol. The van der Waals surface area contributed by atoms with Crippen molar-refractivity contribution in [2.75, 3.05) is 43.4 Å². The van der Waals surface area contributed by atoms with Crippen LogP contribution in [0.25, 0.3) is 0 Å². The first-order chi connectivity index (χ1) is 10.3. The number of fused-ring (bicyclic) bond motifs is 1. The topological polar surface area (TPSA) is 56.4 Å². The molecular formula is C16H24N4O. The maximum absolute atomic E-state index is 12.2. The molecule has 1 aliphatic heterocycles. The van der Waals surface area contributed by atoms with Gasteiger partial charge in [-0.25, -0.2) is 0 Å². The van der Waals surface area contributed by atoms with Crippen LogP contribution in [0.2, 0.25) is 0 Å². The molecule has 0 atom stereocenters. The van der Waals surface area contributed by atoms with Crippen LogP contribution in [0.1, 0.15) is 30.1 Å². The van der Waals surface area contributed by atoms with Crippen LogP contribution >= 0.6 is 0 Å². The SMILES string of the molecule is CCN(CCNC(=O)c1ccc2c(c1)NCCN2)C1CC1. The molecule has 1 fully saturated rings. The minimum absolute atomic E-state index is 0.0111. The summed E-state index contributed by atoms with van der Waals surface area (Å²) in [4.78, 5) is 14.7. The largest absolute Gasteiger partial charge is 0.382 e. The van der Waals surface area contributed by atoms with Gasteiger partial charge in [-0.3, -0.25) is 9.69 Å². The molecule has 21 heavy (non-hydrogen) atoms. The molecule has 0 saturated heterocycles. The van der Waals surface area contributed by atoms with E-state index >= 15 is 0 Å². The Morgan fingerprint density at radius 3 is 2.76 bits per heavy atom. The number of benzene rings is 1. The Morgan fingerprint density at radius 2 is 2.05 bits per heavy atom. The quantitative estimate of drug-likeness (QED) is 0.746. The smallest absolute Gasteiger partial charge is 0.251 e. The molecule has 114 valence electrons. The van der Waals surface area contributed by atoms with Gasteiger partial charge in [-0.2, -0.15) is 0 Å². The Hall–Kier alpha value is -1.75.